The van der Waals surface area contributed by atoms with E-state index in [9.17, 15) is 0 Å². The summed E-state index contributed by atoms with van der Waals surface area (Å²) in [5.41, 5.74) is 4.56. The number of nitrogens with two attached hydrogens (primary N) is 1. The minimum Gasteiger partial charge on any atom is -0.340 e. The molecule has 0 aliphatic heterocycles. The number of aromatic nitrogens is 2. The average Bonchev–Trinajstić information content (AvgIpc) is 2.41. The van der Waals surface area contributed by atoms with Crippen LogP contribution in [-0.4, -0.2) is 9.97 Å². The van der Waals surface area contributed by atoms with Gasteiger partial charge in [0.15, 0.2) is 0 Å². The van der Waals surface area contributed by atoms with Gasteiger partial charge in [-0.25, -0.2) is 15.8 Å². The molecule has 0 fully saturated rings. The molecular weight excluding hydrogens is 330 g/mol. The number of nitrogens with one attached hydrogen (secondary N) is 2. The van der Waals surface area contributed by atoms with E-state index in [2.05, 4.69) is 63.5 Å². The Bertz CT molecular complexity index is 649. The van der Waals surface area contributed by atoms with Gasteiger partial charge in [0.05, 0.1) is 0 Å². The van der Waals surface area contributed by atoms with Gasteiger partial charge < -0.3 is 10.7 Å². The Kier molecular flexibility index (Phi) is 4.49. The fourth-order valence-electron chi connectivity index (χ4n) is 1.79. The zero-order valence-electron chi connectivity index (χ0n) is 12.7. The highest BCUT2D eigenvalue weighted by molar-refractivity contribution is 9.10. The van der Waals surface area contributed by atoms with Crippen molar-refractivity contribution >= 4 is 33.3 Å². The van der Waals surface area contributed by atoms with Gasteiger partial charge in [0.1, 0.15) is 17.5 Å². The summed E-state index contributed by atoms with van der Waals surface area (Å²) in [6.07, 6.45) is 0. The van der Waals surface area contributed by atoms with Crippen LogP contribution in [0.1, 0.15) is 32.2 Å². The number of halogens is 1. The molecule has 0 amide bonds. The number of rotatable bonds is 3. The smallest absolute Gasteiger partial charge is 0.145 e. The zero-order chi connectivity index (χ0) is 15.6. The Labute approximate surface area is 133 Å². The molecule has 1 heterocycles. The van der Waals surface area contributed by atoms with Gasteiger partial charge in [0, 0.05) is 21.6 Å². The molecule has 1 aromatic carbocycles. The molecular formula is C15H20BrN5. The second kappa shape index (κ2) is 5.99. The van der Waals surface area contributed by atoms with Crippen molar-refractivity contribution in [1.82, 2.24) is 9.97 Å². The third kappa shape index (κ3) is 3.92. The molecule has 2 rings (SSSR count). The molecule has 0 aliphatic rings. The Morgan fingerprint density at radius 2 is 1.76 bits per heavy atom. The number of nitrogens with zero attached hydrogens (tertiary/aromatic N) is 2. The number of anilines is 3. The van der Waals surface area contributed by atoms with Crippen molar-refractivity contribution in [3.05, 3.63) is 40.1 Å². The van der Waals surface area contributed by atoms with E-state index >= 15 is 0 Å². The van der Waals surface area contributed by atoms with Crippen LogP contribution < -0.4 is 16.6 Å². The monoisotopic (exact) mass is 349 g/mol. The fraction of sp³-hybridized carbons (Fsp3) is 0.333. The molecule has 0 unspecified atom stereocenters. The molecule has 0 bridgehead atoms. The zero-order valence-corrected chi connectivity index (χ0v) is 14.2. The maximum atomic E-state index is 5.49. The van der Waals surface area contributed by atoms with Crippen LogP contribution in [0, 0.1) is 6.92 Å². The second-order valence-electron chi connectivity index (χ2n) is 5.95. The summed E-state index contributed by atoms with van der Waals surface area (Å²) in [5.74, 6) is 7.53. The van der Waals surface area contributed by atoms with Crippen LogP contribution in [-0.2, 0) is 5.41 Å². The number of hydrazine groups is 1. The molecule has 112 valence electrons. The van der Waals surface area contributed by atoms with Crippen LogP contribution in [0.25, 0.3) is 0 Å². The number of hydrogen-bond acceptors (Lipinski definition) is 5. The average molecular weight is 350 g/mol. The highest BCUT2D eigenvalue weighted by atomic mass is 79.9. The normalized spacial score (nSPS) is 11.3. The van der Waals surface area contributed by atoms with Gasteiger partial charge in [-0.2, -0.15) is 0 Å². The maximum absolute atomic E-state index is 5.49. The highest BCUT2D eigenvalue weighted by Crippen LogP contribution is 2.25. The van der Waals surface area contributed by atoms with Crippen LogP contribution in [0.4, 0.5) is 17.3 Å². The molecule has 0 saturated carbocycles. The summed E-state index contributed by atoms with van der Waals surface area (Å²) >= 11 is 3.50. The van der Waals surface area contributed by atoms with Crippen molar-refractivity contribution in [2.45, 2.75) is 33.1 Å². The van der Waals surface area contributed by atoms with E-state index in [1.807, 2.05) is 19.1 Å². The topological polar surface area (TPSA) is 75.9 Å². The molecule has 6 heteroatoms. The third-order valence-corrected chi connectivity index (χ3v) is 3.86. The van der Waals surface area contributed by atoms with Gasteiger partial charge in [-0.05, 0) is 30.7 Å². The fourth-order valence-corrected chi connectivity index (χ4v) is 2.04. The summed E-state index contributed by atoms with van der Waals surface area (Å²) < 4.78 is 1.08. The third-order valence-electron chi connectivity index (χ3n) is 2.98. The van der Waals surface area contributed by atoms with Crippen molar-refractivity contribution in [3.8, 4) is 0 Å². The number of aryl methyl sites for hydroxylation is 1. The van der Waals surface area contributed by atoms with Gasteiger partial charge in [-0.1, -0.05) is 36.7 Å². The highest BCUT2D eigenvalue weighted by Gasteiger charge is 2.19. The molecule has 21 heavy (non-hydrogen) atoms. The van der Waals surface area contributed by atoms with Crippen molar-refractivity contribution in [2.75, 3.05) is 10.7 Å². The quantitative estimate of drug-likeness (QED) is 0.579. The summed E-state index contributed by atoms with van der Waals surface area (Å²) in [6, 6.07) is 7.84. The minimum absolute atomic E-state index is 0.154. The molecule has 5 nitrogen and oxygen atoms in total. The van der Waals surface area contributed by atoms with E-state index < -0.39 is 0 Å². The van der Waals surface area contributed by atoms with Crippen LogP contribution in [0.15, 0.2) is 28.7 Å². The first kappa shape index (κ1) is 15.7. The van der Waals surface area contributed by atoms with Crippen LogP contribution in [0.3, 0.4) is 0 Å². The molecule has 1 aromatic heterocycles. The van der Waals surface area contributed by atoms with Crippen LogP contribution >= 0.6 is 15.9 Å². The molecule has 0 spiro atoms. The lowest BCUT2D eigenvalue weighted by molar-refractivity contribution is 0.547. The molecule has 0 atom stereocenters. The van der Waals surface area contributed by atoms with E-state index in [1.54, 1.807) is 6.07 Å². The van der Waals surface area contributed by atoms with Crippen LogP contribution in [0.2, 0.25) is 0 Å². The van der Waals surface area contributed by atoms with E-state index in [4.69, 9.17) is 5.84 Å². The first-order chi connectivity index (χ1) is 9.79. The first-order valence-electron chi connectivity index (χ1n) is 6.69. The predicted molar refractivity (Wildman–Crippen MR) is 90.7 cm³/mol. The summed E-state index contributed by atoms with van der Waals surface area (Å²) in [7, 11) is 0. The van der Waals surface area contributed by atoms with Gasteiger partial charge in [-0.3, -0.25) is 0 Å². The molecule has 0 saturated heterocycles. The van der Waals surface area contributed by atoms with Gasteiger partial charge in [0.25, 0.3) is 0 Å². The number of benzene rings is 1. The van der Waals surface area contributed by atoms with Gasteiger partial charge in [0.2, 0.25) is 0 Å². The van der Waals surface area contributed by atoms with E-state index in [-0.39, 0.29) is 5.41 Å². The van der Waals surface area contributed by atoms with E-state index in [1.165, 1.54) is 0 Å². The summed E-state index contributed by atoms with van der Waals surface area (Å²) in [6.45, 7) is 8.24. The SMILES string of the molecule is Cc1cc(Nc2cc(NN)nc(C(C)(C)C)n2)ccc1Br. The Balaban J connectivity index is 2.36. The Hall–Kier alpha value is -1.66. The summed E-state index contributed by atoms with van der Waals surface area (Å²) in [4.78, 5) is 8.97. The van der Waals surface area contributed by atoms with Crippen molar-refractivity contribution in [3.63, 3.8) is 0 Å². The molecule has 4 N–H and O–H groups in total. The van der Waals surface area contributed by atoms with Crippen molar-refractivity contribution in [2.24, 2.45) is 5.84 Å². The van der Waals surface area contributed by atoms with E-state index in [0.29, 0.717) is 11.6 Å². The molecule has 0 aliphatic carbocycles. The lowest BCUT2D eigenvalue weighted by Gasteiger charge is -2.19. The lowest BCUT2D eigenvalue weighted by atomic mass is 9.96. The lowest BCUT2D eigenvalue weighted by Crippen LogP contribution is -2.19. The number of hydrogen-bond donors (Lipinski definition) is 3. The van der Waals surface area contributed by atoms with Crippen molar-refractivity contribution < 1.29 is 0 Å². The predicted octanol–water partition coefficient (Wildman–Crippen LogP) is 3.87. The van der Waals surface area contributed by atoms with Crippen LogP contribution in [0.5, 0.6) is 0 Å². The summed E-state index contributed by atoms with van der Waals surface area (Å²) in [5, 5.41) is 3.29. The second-order valence-corrected chi connectivity index (χ2v) is 6.80. The van der Waals surface area contributed by atoms with E-state index in [0.717, 1.165) is 21.5 Å². The molecule has 2 aromatic rings. The van der Waals surface area contributed by atoms with Gasteiger partial charge in [-0.15, -0.1) is 0 Å². The molecule has 0 radical (unpaired) electrons. The Morgan fingerprint density at radius 1 is 1.10 bits per heavy atom. The van der Waals surface area contributed by atoms with Crippen molar-refractivity contribution in [1.29, 1.82) is 0 Å². The maximum Gasteiger partial charge on any atom is 0.145 e. The largest absolute Gasteiger partial charge is 0.340 e. The standard InChI is InChI=1S/C15H20BrN5/c1-9-7-10(5-6-11(9)16)18-12-8-13(21-17)20-14(19-12)15(2,3)4/h5-8H,17H2,1-4H3,(H2,18,19,20,21). The first-order valence-corrected chi connectivity index (χ1v) is 7.48. The number of nitrogen functional groups attached to an aromatic ring is 1. The van der Waals surface area contributed by atoms with Gasteiger partial charge >= 0.3 is 0 Å². The minimum atomic E-state index is -0.154. The Morgan fingerprint density at radius 3 is 2.33 bits per heavy atom.